The Morgan fingerprint density at radius 2 is 1.72 bits per heavy atom. The molecule has 0 radical (unpaired) electrons. The lowest BCUT2D eigenvalue weighted by atomic mass is 9.93. The highest BCUT2D eigenvalue weighted by molar-refractivity contribution is 5.94. The lowest BCUT2D eigenvalue weighted by molar-refractivity contribution is 0.0818. The van der Waals surface area contributed by atoms with E-state index in [0.29, 0.717) is 5.56 Å². The molecule has 0 atom stereocenters. The van der Waals surface area contributed by atoms with Crippen LogP contribution in [0.5, 0.6) is 0 Å². The van der Waals surface area contributed by atoms with Gasteiger partial charge in [-0.1, -0.05) is 32.9 Å². The van der Waals surface area contributed by atoms with Crippen LogP contribution in [0.25, 0.3) is 0 Å². The fourth-order valence-electron chi connectivity index (χ4n) is 1.89. The molecule has 1 rings (SSSR count). The molecule has 0 aliphatic rings. The van der Waals surface area contributed by atoms with Crippen molar-refractivity contribution in [3.05, 3.63) is 35.4 Å². The molecule has 0 spiro atoms. The largest absolute Gasteiger partial charge is 0.394 e. The number of amides is 1. The molecule has 0 aliphatic heterocycles. The van der Waals surface area contributed by atoms with Crippen LogP contribution in [0, 0.1) is 0 Å². The summed E-state index contributed by atoms with van der Waals surface area (Å²) in [6.45, 7) is 6.00. The maximum absolute atomic E-state index is 12.1. The summed E-state index contributed by atoms with van der Waals surface area (Å²) in [6.07, 6.45) is 2.41. The predicted molar refractivity (Wildman–Crippen MR) is 73.7 cm³/mol. The third-order valence-corrected chi connectivity index (χ3v) is 3.66. The summed E-state index contributed by atoms with van der Waals surface area (Å²) >= 11 is 0. The van der Waals surface area contributed by atoms with Crippen LogP contribution in [0.2, 0.25) is 0 Å². The van der Waals surface area contributed by atoms with E-state index in [2.05, 4.69) is 12.2 Å². The smallest absolute Gasteiger partial charge is 0.251 e. The number of rotatable bonds is 6. The first-order chi connectivity index (χ1) is 8.60. The topological polar surface area (TPSA) is 49.3 Å². The number of hydrogen-bond acceptors (Lipinski definition) is 2. The maximum atomic E-state index is 12.1. The van der Waals surface area contributed by atoms with Gasteiger partial charge in [-0.05, 0) is 37.0 Å². The molecule has 1 aromatic rings. The summed E-state index contributed by atoms with van der Waals surface area (Å²) < 4.78 is 0. The number of nitrogens with one attached hydrogen (secondary N) is 1. The van der Waals surface area contributed by atoms with Crippen molar-refractivity contribution in [2.24, 2.45) is 0 Å². The second kappa shape index (κ2) is 6.55. The standard InChI is InChI=1S/C15H23NO2/c1-4-12-7-9-13(10-8-12)14(18)16-15(5-2,6-3)11-17/h7-10,17H,4-6,11H2,1-3H3,(H,16,18). The van der Waals surface area contributed by atoms with E-state index < -0.39 is 5.54 Å². The van der Waals surface area contributed by atoms with Crippen molar-refractivity contribution in [2.75, 3.05) is 6.61 Å². The molecule has 1 aromatic carbocycles. The van der Waals surface area contributed by atoms with Gasteiger partial charge < -0.3 is 10.4 Å². The zero-order valence-corrected chi connectivity index (χ0v) is 11.5. The van der Waals surface area contributed by atoms with Crippen LogP contribution in [0.15, 0.2) is 24.3 Å². The van der Waals surface area contributed by atoms with Crippen LogP contribution < -0.4 is 5.32 Å². The highest BCUT2D eigenvalue weighted by Gasteiger charge is 2.27. The number of carbonyl (C=O) groups is 1. The molecule has 3 nitrogen and oxygen atoms in total. The zero-order valence-electron chi connectivity index (χ0n) is 11.5. The monoisotopic (exact) mass is 249 g/mol. The van der Waals surface area contributed by atoms with Gasteiger partial charge in [-0.25, -0.2) is 0 Å². The molecule has 2 N–H and O–H groups in total. The zero-order chi connectivity index (χ0) is 13.6. The Hall–Kier alpha value is -1.35. The Bertz CT molecular complexity index is 372. The average molecular weight is 249 g/mol. The van der Waals surface area contributed by atoms with Gasteiger partial charge in [0.15, 0.2) is 0 Å². The van der Waals surface area contributed by atoms with Crippen molar-refractivity contribution >= 4 is 5.91 Å². The number of benzene rings is 1. The van der Waals surface area contributed by atoms with Gasteiger partial charge in [0.1, 0.15) is 0 Å². The van der Waals surface area contributed by atoms with Crippen molar-refractivity contribution in [3.63, 3.8) is 0 Å². The van der Waals surface area contributed by atoms with Crippen molar-refractivity contribution in [1.82, 2.24) is 5.32 Å². The molecule has 0 aromatic heterocycles. The van der Waals surface area contributed by atoms with Gasteiger partial charge in [-0.15, -0.1) is 0 Å². The number of hydrogen-bond donors (Lipinski definition) is 2. The normalized spacial score (nSPS) is 11.3. The van der Waals surface area contributed by atoms with Crippen molar-refractivity contribution < 1.29 is 9.90 Å². The average Bonchev–Trinajstić information content (AvgIpc) is 2.45. The van der Waals surface area contributed by atoms with E-state index >= 15 is 0 Å². The first kappa shape index (κ1) is 14.7. The van der Waals surface area contributed by atoms with Crippen LogP contribution in [-0.4, -0.2) is 23.2 Å². The van der Waals surface area contributed by atoms with Crippen LogP contribution in [0.3, 0.4) is 0 Å². The quantitative estimate of drug-likeness (QED) is 0.814. The molecule has 18 heavy (non-hydrogen) atoms. The molecule has 0 bridgehead atoms. The van der Waals surface area contributed by atoms with Gasteiger partial charge in [0.25, 0.3) is 5.91 Å². The number of aryl methyl sites for hydroxylation is 1. The van der Waals surface area contributed by atoms with Crippen LogP contribution in [0.1, 0.15) is 49.5 Å². The summed E-state index contributed by atoms with van der Waals surface area (Å²) in [5.41, 5.74) is 1.36. The highest BCUT2D eigenvalue weighted by atomic mass is 16.3. The minimum absolute atomic E-state index is 0.0290. The maximum Gasteiger partial charge on any atom is 0.251 e. The summed E-state index contributed by atoms with van der Waals surface area (Å²) in [7, 11) is 0. The van der Waals surface area contributed by atoms with E-state index in [1.54, 1.807) is 0 Å². The Morgan fingerprint density at radius 3 is 2.11 bits per heavy atom. The molecular weight excluding hydrogens is 226 g/mol. The first-order valence-corrected chi connectivity index (χ1v) is 6.63. The van der Waals surface area contributed by atoms with Gasteiger partial charge in [0.2, 0.25) is 0 Å². The van der Waals surface area contributed by atoms with Gasteiger partial charge in [-0.2, -0.15) is 0 Å². The van der Waals surface area contributed by atoms with Gasteiger partial charge >= 0.3 is 0 Å². The molecule has 0 heterocycles. The Morgan fingerprint density at radius 1 is 1.17 bits per heavy atom. The van der Waals surface area contributed by atoms with Crippen molar-refractivity contribution in [2.45, 2.75) is 45.6 Å². The molecule has 0 saturated carbocycles. The SMILES string of the molecule is CCc1ccc(C(=O)NC(CC)(CC)CO)cc1. The lowest BCUT2D eigenvalue weighted by Gasteiger charge is -2.30. The summed E-state index contributed by atoms with van der Waals surface area (Å²) in [6, 6.07) is 7.60. The summed E-state index contributed by atoms with van der Waals surface area (Å²) in [5, 5.41) is 12.4. The predicted octanol–water partition coefficient (Wildman–Crippen LogP) is 2.53. The molecular formula is C15H23NO2. The molecule has 100 valence electrons. The summed E-state index contributed by atoms with van der Waals surface area (Å²) in [4.78, 5) is 12.1. The van der Waals surface area contributed by atoms with Crippen LogP contribution in [0.4, 0.5) is 0 Å². The molecule has 0 fully saturated rings. The van der Waals surface area contributed by atoms with E-state index in [0.717, 1.165) is 19.3 Å². The Kier molecular flexibility index (Phi) is 5.35. The number of carbonyl (C=O) groups excluding carboxylic acids is 1. The van der Waals surface area contributed by atoms with E-state index in [9.17, 15) is 9.90 Å². The Labute approximate surface area is 109 Å². The van der Waals surface area contributed by atoms with E-state index in [4.69, 9.17) is 0 Å². The number of aliphatic hydroxyl groups excluding tert-OH is 1. The third kappa shape index (κ3) is 3.33. The van der Waals surface area contributed by atoms with E-state index in [-0.39, 0.29) is 12.5 Å². The summed E-state index contributed by atoms with van der Waals surface area (Å²) in [5.74, 6) is -0.115. The first-order valence-electron chi connectivity index (χ1n) is 6.63. The molecule has 3 heteroatoms. The molecule has 1 amide bonds. The fraction of sp³-hybridized carbons (Fsp3) is 0.533. The van der Waals surface area contributed by atoms with E-state index in [1.807, 2.05) is 38.1 Å². The van der Waals surface area contributed by atoms with Gasteiger partial charge in [-0.3, -0.25) is 4.79 Å². The minimum Gasteiger partial charge on any atom is -0.394 e. The van der Waals surface area contributed by atoms with Crippen LogP contribution >= 0.6 is 0 Å². The van der Waals surface area contributed by atoms with Gasteiger partial charge in [0.05, 0.1) is 12.1 Å². The van der Waals surface area contributed by atoms with Crippen LogP contribution in [-0.2, 0) is 6.42 Å². The molecule has 0 unspecified atom stereocenters. The minimum atomic E-state index is -0.499. The second-order valence-corrected chi connectivity index (χ2v) is 4.65. The highest BCUT2D eigenvalue weighted by Crippen LogP contribution is 2.15. The van der Waals surface area contributed by atoms with E-state index in [1.165, 1.54) is 5.56 Å². The van der Waals surface area contributed by atoms with Crippen molar-refractivity contribution in [3.8, 4) is 0 Å². The van der Waals surface area contributed by atoms with Crippen molar-refractivity contribution in [1.29, 1.82) is 0 Å². The second-order valence-electron chi connectivity index (χ2n) is 4.65. The Balaban J connectivity index is 2.80. The fourth-order valence-corrected chi connectivity index (χ4v) is 1.89. The molecule has 0 saturated heterocycles. The number of aliphatic hydroxyl groups is 1. The van der Waals surface area contributed by atoms with Gasteiger partial charge in [0, 0.05) is 5.56 Å². The molecule has 0 aliphatic carbocycles. The third-order valence-electron chi connectivity index (χ3n) is 3.66. The lowest BCUT2D eigenvalue weighted by Crippen LogP contribution is -2.50.